The molecule has 2 aliphatic heterocycles. The lowest BCUT2D eigenvalue weighted by Crippen LogP contribution is -2.50. The van der Waals surface area contributed by atoms with Crippen LogP contribution in [0.5, 0.6) is 0 Å². The Morgan fingerprint density at radius 2 is 1.57 bits per heavy atom. The first-order valence-electron chi connectivity index (χ1n) is 7.60. The van der Waals surface area contributed by atoms with E-state index in [1.165, 1.54) is 0 Å². The maximum Gasteiger partial charge on any atom is 0.413 e. The molecular formula is C18H16BrNO3. The van der Waals surface area contributed by atoms with Crippen molar-refractivity contribution in [1.82, 2.24) is 4.90 Å². The molecule has 5 heteroatoms. The van der Waals surface area contributed by atoms with Crippen LogP contribution in [0, 0.1) is 0 Å². The summed E-state index contributed by atoms with van der Waals surface area (Å²) in [6, 6.07) is 19.6. The lowest BCUT2D eigenvalue weighted by molar-refractivity contribution is -0.0532. The summed E-state index contributed by atoms with van der Waals surface area (Å²) < 4.78 is 11.6. The Labute approximate surface area is 143 Å². The third kappa shape index (κ3) is 2.54. The molecule has 23 heavy (non-hydrogen) atoms. The summed E-state index contributed by atoms with van der Waals surface area (Å²) in [6.45, 7) is 0.480. The van der Waals surface area contributed by atoms with Gasteiger partial charge in [0, 0.05) is 0 Å². The zero-order valence-corrected chi connectivity index (χ0v) is 13.9. The van der Waals surface area contributed by atoms with Crippen LogP contribution in [0.1, 0.15) is 23.3 Å². The Morgan fingerprint density at radius 3 is 2.22 bits per heavy atom. The fraction of sp³-hybridized carbons (Fsp3) is 0.278. The van der Waals surface area contributed by atoms with E-state index < -0.39 is 0 Å². The van der Waals surface area contributed by atoms with Crippen LogP contribution in [0.3, 0.4) is 0 Å². The fourth-order valence-corrected chi connectivity index (χ4v) is 4.04. The molecule has 2 aromatic rings. The van der Waals surface area contributed by atoms with Crippen LogP contribution in [0.25, 0.3) is 0 Å². The number of alkyl halides is 1. The van der Waals surface area contributed by atoms with Crippen molar-refractivity contribution in [2.75, 3.05) is 6.61 Å². The van der Waals surface area contributed by atoms with Gasteiger partial charge in [0.05, 0.1) is 12.6 Å². The Hall–Kier alpha value is -1.85. The Kier molecular flexibility index (Phi) is 3.83. The van der Waals surface area contributed by atoms with Crippen LogP contribution < -0.4 is 0 Å². The van der Waals surface area contributed by atoms with Crippen LogP contribution in [-0.2, 0) is 9.47 Å². The average Bonchev–Trinajstić information content (AvgIpc) is 3.06. The minimum atomic E-state index is -0.348. The van der Waals surface area contributed by atoms with Gasteiger partial charge >= 0.3 is 6.09 Å². The Morgan fingerprint density at radius 1 is 0.957 bits per heavy atom. The number of amides is 1. The monoisotopic (exact) mass is 373 g/mol. The maximum absolute atomic E-state index is 12.6. The fourth-order valence-electron chi connectivity index (χ4n) is 3.21. The van der Waals surface area contributed by atoms with Crippen molar-refractivity contribution in [3.63, 3.8) is 0 Å². The number of carbonyl (C=O) groups excluding carboxylic acids is 1. The van der Waals surface area contributed by atoms with E-state index in [2.05, 4.69) is 15.9 Å². The van der Waals surface area contributed by atoms with Crippen LogP contribution in [-0.4, -0.2) is 28.7 Å². The topological polar surface area (TPSA) is 38.8 Å². The van der Waals surface area contributed by atoms with Gasteiger partial charge in [0.1, 0.15) is 10.9 Å². The highest BCUT2D eigenvalue weighted by molar-refractivity contribution is 9.09. The van der Waals surface area contributed by atoms with E-state index in [4.69, 9.17) is 9.47 Å². The van der Waals surface area contributed by atoms with Crippen molar-refractivity contribution < 1.29 is 14.3 Å². The first-order valence-corrected chi connectivity index (χ1v) is 8.52. The van der Waals surface area contributed by atoms with Gasteiger partial charge < -0.3 is 9.47 Å². The predicted octanol–water partition coefficient (Wildman–Crippen LogP) is 4.04. The van der Waals surface area contributed by atoms with Crippen LogP contribution >= 0.6 is 15.9 Å². The number of rotatable bonds is 2. The highest BCUT2D eigenvalue weighted by Crippen LogP contribution is 2.43. The van der Waals surface area contributed by atoms with Crippen molar-refractivity contribution >= 4 is 22.0 Å². The standard InChI is InChI=1S/C18H16BrNO3/c19-15-16(13-9-5-2-6-10-13)23-18(21)20-14(11-22-17(15)20)12-7-3-1-4-8-12/h1-10,14-17H,11H2/t14-,15-,16-,17+/m0/s1. The number of fused-ring (bicyclic) bond motifs is 1. The summed E-state index contributed by atoms with van der Waals surface area (Å²) in [7, 11) is 0. The lowest BCUT2D eigenvalue weighted by Gasteiger charge is -2.39. The number of benzene rings is 2. The smallest absolute Gasteiger partial charge is 0.413 e. The quantitative estimate of drug-likeness (QED) is 0.745. The predicted molar refractivity (Wildman–Crippen MR) is 89.1 cm³/mol. The minimum Gasteiger partial charge on any atom is -0.440 e. The molecular weight excluding hydrogens is 358 g/mol. The molecule has 0 bridgehead atoms. The molecule has 2 aliphatic rings. The molecule has 2 saturated heterocycles. The van der Waals surface area contributed by atoms with Crippen molar-refractivity contribution in [1.29, 1.82) is 0 Å². The molecule has 4 nitrogen and oxygen atoms in total. The van der Waals surface area contributed by atoms with Gasteiger partial charge in [0.25, 0.3) is 0 Å². The molecule has 1 amide bonds. The number of hydrogen-bond donors (Lipinski definition) is 0. The molecule has 118 valence electrons. The number of ether oxygens (including phenoxy) is 2. The van der Waals surface area contributed by atoms with Gasteiger partial charge in [0.2, 0.25) is 0 Å². The number of nitrogens with zero attached hydrogens (tertiary/aromatic N) is 1. The third-order valence-corrected chi connectivity index (χ3v) is 5.28. The van der Waals surface area contributed by atoms with Gasteiger partial charge in [-0.25, -0.2) is 4.79 Å². The molecule has 0 spiro atoms. The molecule has 2 heterocycles. The molecule has 4 atom stereocenters. The zero-order chi connectivity index (χ0) is 15.8. The lowest BCUT2D eigenvalue weighted by atomic mass is 10.0. The average molecular weight is 374 g/mol. The number of cyclic esters (lactones) is 1. The van der Waals surface area contributed by atoms with E-state index in [-0.39, 0.29) is 29.3 Å². The van der Waals surface area contributed by atoms with Crippen molar-refractivity contribution in [3.05, 3.63) is 71.8 Å². The SMILES string of the molecule is O=C1O[C@@H](c2ccccc2)[C@H](Br)[C@H]2OC[C@@H](c3ccccc3)N12. The van der Waals surface area contributed by atoms with E-state index in [0.29, 0.717) is 6.61 Å². The second-order valence-electron chi connectivity index (χ2n) is 5.72. The normalized spacial score (nSPS) is 30.0. The second-order valence-corrected chi connectivity index (χ2v) is 6.77. The summed E-state index contributed by atoms with van der Waals surface area (Å²) in [4.78, 5) is 14.2. The van der Waals surface area contributed by atoms with Gasteiger partial charge in [-0.15, -0.1) is 0 Å². The first kappa shape index (κ1) is 14.7. The molecule has 0 aliphatic carbocycles. The van der Waals surface area contributed by atoms with Gasteiger partial charge in [-0.2, -0.15) is 0 Å². The third-order valence-electron chi connectivity index (χ3n) is 4.35. The molecule has 0 radical (unpaired) electrons. The van der Waals surface area contributed by atoms with E-state index in [1.807, 2.05) is 60.7 Å². The zero-order valence-electron chi connectivity index (χ0n) is 12.3. The summed E-state index contributed by atoms with van der Waals surface area (Å²) in [5.74, 6) is 0. The highest BCUT2D eigenvalue weighted by Gasteiger charge is 2.50. The second kappa shape index (κ2) is 5.98. The molecule has 2 aromatic carbocycles. The van der Waals surface area contributed by atoms with Crippen LogP contribution in [0.15, 0.2) is 60.7 Å². The number of carbonyl (C=O) groups is 1. The Balaban J connectivity index is 1.63. The van der Waals surface area contributed by atoms with Crippen LogP contribution in [0.2, 0.25) is 0 Å². The van der Waals surface area contributed by atoms with Gasteiger partial charge in [-0.3, -0.25) is 4.90 Å². The summed E-state index contributed by atoms with van der Waals surface area (Å²) in [5, 5.41) is 0. The van der Waals surface area contributed by atoms with Crippen molar-refractivity contribution in [3.8, 4) is 0 Å². The molecule has 0 N–H and O–H groups in total. The highest BCUT2D eigenvalue weighted by atomic mass is 79.9. The van der Waals surface area contributed by atoms with Gasteiger partial charge in [0.15, 0.2) is 6.23 Å². The van der Waals surface area contributed by atoms with Crippen molar-refractivity contribution in [2.45, 2.75) is 23.2 Å². The van der Waals surface area contributed by atoms with Crippen LogP contribution in [0.4, 0.5) is 4.79 Å². The molecule has 0 saturated carbocycles. The van der Waals surface area contributed by atoms with Gasteiger partial charge in [-0.05, 0) is 11.1 Å². The molecule has 2 fully saturated rings. The number of hydrogen-bond acceptors (Lipinski definition) is 3. The Bertz CT molecular complexity index is 656. The summed E-state index contributed by atoms with van der Waals surface area (Å²) in [5.41, 5.74) is 2.03. The first-order chi connectivity index (χ1) is 11.3. The minimum absolute atomic E-state index is 0.106. The van der Waals surface area contributed by atoms with Crippen molar-refractivity contribution in [2.24, 2.45) is 0 Å². The van der Waals surface area contributed by atoms with E-state index >= 15 is 0 Å². The summed E-state index contributed by atoms with van der Waals surface area (Å²) in [6.07, 6.45) is -1.00. The summed E-state index contributed by atoms with van der Waals surface area (Å²) >= 11 is 3.68. The van der Waals surface area contributed by atoms with Gasteiger partial charge in [-0.1, -0.05) is 76.6 Å². The maximum atomic E-state index is 12.6. The molecule has 0 unspecified atom stereocenters. The largest absolute Gasteiger partial charge is 0.440 e. The van der Waals surface area contributed by atoms with E-state index in [1.54, 1.807) is 4.90 Å². The van der Waals surface area contributed by atoms with E-state index in [9.17, 15) is 4.79 Å². The van der Waals surface area contributed by atoms with E-state index in [0.717, 1.165) is 11.1 Å². The molecule has 0 aromatic heterocycles. The molecule has 4 rings (SSSR count). The number of halogens is 1.